The number of nitrogens with zero attached hydrogens (tertiary/aromatic N) is 2. The maximum absolute atomic E-state index is 12.8. The molecule has 1 aromatic heterocycles. The van der Waals surface area contributed by atoms with Gasteiger partial charge in [-0.1, -0.05) is 6.92 Å². The van der Waals surface area contributed by atoms with Crippen LogP contribution in [0.1, 0.15) is 44.7 Å². The maximum atomic E-state index is 12.8. The number of nitrogens with one attached hydrogen (secondary N) is 1. The predicted octanol–water partition coefficient (Wildman–Crippen LogP) is 1.50. The topological polar surface area (TPSA) is 82.9 Å². The summed E-state index contributed by atoms with van der Waals surface area (Å²) >= 11 is 0. The average Bonchev–Trinajstić information content (AvgIpc) is 3.14. The minimum Gasteiger partial charge on any atom is -0.459 e. The van der Waals surface area contributed by atoms with Crippen LogP contribution in [0.3, 0.4) is 0 Å². The molecule has 1 fully saturated rings. The molecule has 1 N–H and O–H groups in total. The summed E-state index contributed by atoms with van der Waals surface area (Å²) in [6, 6.07) is 3.33. The highest BCUT2D eigenvalue weighted by Gasteiger charge is 2.40. The minimum atomic E-state index is -1.13. The van der Waals surface area contributed by atoms with Crippen LogP contribution in [0.25, 0.3) is 0 Å². The first-order valence-electron chi connectivity index (χ1n) is 8.70. The van der Waals surface area contributed by atoms with E-state index in [1.165, 1.54) is 6.26 Å². The molecule has 0 bridgehead atoms. The van der Waals surface area contributed by atoms with Gasteiger partial charge in [0.25, 0.3) is 5.91 Å². The highest BCUT2D eigenvalue weighted by molar-refractivity contribution is 6.04. The number of furan rings is 1. The van der Waals surface area contributed by atoms with Crippen molar-refractivity contribution in [3.63, 3.8) is 0 Å². The van der Waals surface area contributed by atoms with Crippen molar-refractivity contribution >= 4 is 17.7 Å². The second-order valence-electron chi connectivity index (χ2n) is 6.97. The number of carbonyl (C=O) groups excluding carboxylic acids is 3. The number of piperazine rings is 1. The van der Waals surface area contributed by atoms with Gasteiger partial charge in [-0.3, -0.25) is 14.4 Å². The molecule has 0 aromatic carbocycles. The molecule has 25 heavy (non-hydrogen) atoms. The Morgan fingerprint density at radius 2 is 1.80 bits per heavy atom. The first-order valence-corrected chi connectivity index (χ1v) is 8.70. The van der Waals surface area contributed by atoms with Crippen molar-refractivity contribution in [2.45, 2.75) is 40.2 Å². The molecule has 1 unspecified atom stereocenters. The van der Waals surface area contributed by atoms with E-state index in [0.717, 1.165) is 6.42 Å². The monoisotopic (exact) mass is 349 g/mol. The summed E-state index contributed by atoms with van der Waals surface area (Å²) < 4.78 is 5.13. The second kappa shape index (κ2) is 7.72. The molecule has 0 saturated carbocycles. The molecule has 7 nitrogen and oxygen atoms in total. The van der Waals surface area contributed by atoms with Gasteiger partial charge in [0, 0.05) is 32.2 Å². The van der Waals surface area contributed by atoms with Crippen molar-refractivity contribution in [3.8, 4) is 0 Å². The van der Waals surface area contributed by atoms with Crippen LogP contribution in [0.5, 0.6) is 0 Å². The molecule has 3 amide bonds. The summed E-state index contributed by atoms with van der Waals surface area (Å²) in [7, 11) is 0. The molecule has 1 aromatic rings. The number of hydrogen-bond acceptors (Lipinski definition) is 4. The van der Waals surface area contributed by atoms with E-state index >= 15 is 0 Å². The molecule has 0 radical (unpaired) electrons. The maximum Gasteiger partial charge on any atom is 0.289 e. The van der Waals surface area contributed by atoms with Crippen molar-refractivity contribution in [3.05, 3.63) is 24.2 Å². The van der Waals surface area contributed by atoms with Crippen molar-refractivity contribution in [2.24, 2.45) is 5.41 Å². The van der Waals surface area contributed by atoms with Gasteiger partial charge >= 0.3 is 0 Å². The number of hydrogen-bond donors (Lipinski definition) is 1. The van der Waals surface area contributed by atoms with Crippen LogP contribution in [-0.2, 0) is 9.59 Å². The molecule has 138 valence electrons. The summed E-state index contributed by atoms with van der Waals surface area (Å²) in [6.07, 6.45) is 2.27. The minimum absolute atomic E-state index is 0.0299. The number of amides is 3. The van der Waals surface area contributed by atoms with Crippen LogP contribution >= 0.6 is 0 Å². The van der Waals surface area contributed by atoms with E-state index in [-0.39, 0.29) is 23.8 Å². The van der Waals surface area contributed by atoms with Gasteiger partial charge in [0.2, 0.25) is 11.8 Å². The third kappa shape index (κ3) is 4.21. The Hall–Kier alpha value is -2.31. The Labute approximate surface area is 148 Å². The zero-order chi connectivity index (χ0) is 18.6. The fourth-order valence-electron chi connectivity index (χ4n) is 2.67. The van der Waals surface area contributed by atoms with Gasteiger partial charge in [-0.25, -0.2) is 0 Å². The zero-order valence-electron chi connectivity index (χ0n) is 15.4. The van der Waals surface area contributed by atoms with E-state index in [1.807, 2.05) is 13.8 Å². The van der Waals surface area contributed by atoms with Gasteiger partial charge in [0.1, 0.15) is 5.41 Å². The van der Waals surface area contributed by atoms with Crippen LogP contribution in [-0.4, -0.2) is 59.7 Å². The summed E-state index contributed by atoms with van der Waals surface area (Å²) in [5.74, 6) is -0.349. The third-order valence-corrected chi connectivity index (χ3v) is 4.68. The lowest BCUT2D eigenvalue weighted by Gasteiger charge is -2.38. The normalized spacial score (nSPS) is 16.5. The molecule has 7 heteroatoms. The Balaban J connectivity index is 1.94. The van der Waals surface area contributed by atoms with Crippen LogP contribution in [0.4, 0.5) is 0 Å². The van der Waals surface area contributed by atoms with Crippen molar-refractivity contribution in [1.29, 1.82) is 0 Å². The van der Waals surface area contributed by atoms with Crippen molar-refractivity contribution in [1.82, 2.24) is 15.1 Å². The number of rotatable bonds is 5. The lowest BCUT2D eigenvalue weighted by Crippen LogP contribution is -2.56. The quantitative estimate of drug-likeness (QED) is 0.817. The first kappa shape index (κ1) is 19.0. The van der Waals surface area contributed by atoms with Gasteiger partial charge in [0.15, 0.2) is 5.76 Å². The molecule has 2 rings (SSSR count). The Bertz CT molecular complexity index is 616. The van der Waals surface area contributed by atoms with Gasteiger partial charge in [-0.15, -0.1) is 0 Å². The number of carbonyl (C=O) groups is 3. The summed E-state index contributed by atoms with van der Waals surface area (Å²) in [4.78, 5) is 40.8. The smallest absolute Gasteiger partial charge is 0.289 e. The van der Waals surface area contributed by atoms with Gasteiger partial charge in [-0.05, 0) is 39.3 Å². The van der Waals surface area contributed by atoms with Crippen molar-refractivity contribution in [2.75, 3.05) is 26.2 Å². The zero-order valence-corrected chi connectivity index (χ0v) is 15.4. The van der Waals surface area contributed by atoms with Crippen LogP contribution < -0.4 is 5.32 Å². The van der Waals surface area contributed by atoms with Crippen LogP contribution in [0.2, 0.25) is 0 Å². The molecule has 0 spiro atoms. The summed E-state index contributed by atoms with van der Waals surface area (Å²) in [6.45, 7) is 8.85. The third-order valence-electron chi connectivity index (χ3n) is 4.68. The van der Waals surface area contributed by atoms with E-state index in [0.29, 0.717) is 31.9 Å². The molecule has 1 aliphatic heterocycles. The van der Waals surface area contributed by atoms with E-state index in [1.54, 1.807) is 35.8 Å². The van der Waals surface area contributed by atoms with E-state index < -0.39 is 5.41 Å². The Morgan fingerprint density at radius 1 is 1.20 bits per heavy atom. The second-order valence-corrected chi connectivity index (χ2v) is 6.97. The summed E-state index contributed by atoms with van der Waals surface area (Å²) in [5, 5.41) is 2.87. The lowest BCUT2D eigenvalue weighted by molar-refractivity contribution is -0.149. The van der Waals surface area contributed by atoms with Gasteiger partial charge < -0.3 is 19.5 Å². The Kier molecular flexibility index (Phi) is 5.87. The Morgan fingerprint density at radius 3 is 2.32 bits per heavy atom. The van der Waals surface area contributed by atoms with E-state index in [4.69, 9.17) is 4.42 Å². The predicted molar refractivity (Wildman–Crippen MR) is 92.9 cm³/mol. The molecule has 2 heterocycles. The molecule has 1 atom stereocenters. The standard InChI is InChI=1S/C18H27N3O4/c1-5-13(2)19-16(23)18(3,4)17(24)21-10-8-20(9-11-21)15(22)14-7-6-12-25-14/h6-7,12-13H,5,8-11H2,1-4H3,(H,19,23). The summed E-state index contributed by atoms with van der Waals surface area (Å²) in [5.41, 5.74) is -1.13. The largest absolute Gasteiger partial charge is 0.459 e. The average molecular weight is 349 g/mol. The fourth-order valence-corrected chi connectivity index (χ4v) is 2.67. The van der Waals surface area contributed by atoms with Crippen LogP contribution in [0.15, 0.2) is 22.8 Å². The van der Waals surface area contributed by atoms with Crippen LogP contribution in [0, 0.1) is 5.41 Å². The van der Waals surface area contributed by atoms with Gasteiger partial charge in [-0.2, -0.15) is 0 Å². The molecular formula is C18H27N3O4. The fraction of sp³-hybridized carbons (Fsp3) is 0.611. The molecule has 1 aliphatic rings. The molecule has 0 aliphatic carbocycles. The highest BCUT2D eigenvalue weighted by atomic mass is 16.3. The van der Waals surface area contributed by atoms with Gasteiger partial charge in [0.05, 0.1) is 6.26 Å². The molecule has 1 saturated heterocycles. The SMILES string of the molecule is CCC(C)NC(=O)C(C)(C)C(=O)N1CCN(C(=O)c2ccco2)CC1. The van der Waals surface area contributed by atoms with E-state index in [9.17, 15) is 14.4 Å². The molecular weight excluding hydrogens is 322 g/mol. The van der Waals surface area contributed by atoms with Crippen molar-refractivity contribution < 1.29 is 18.8 Å². The first-order chi connectivity index (χ1) is 11.8. The van der Waals surface area contributed by atoms with E-state index in [2.05, 4.69) is 5.32 Å². The lowest BCUT2D eigenvalue weighted by atomic mass is 9.89. The highest BCUT2D eigenvalue weighted by Crippen LogP contribution is 2.21.